The first-order valence-electron chi connectivity index (χ1n) is 11.3. The van der Waals surface area contributed by atoms with Crippen LogP contribution in [0.3, 0.4) is 0 Å². The number of hydrogen-bond acceptors (Lipinski definition) is 6. The van der Waals surface area contributed by atoms with Crippen molar-refractivity contribution in [2.75, 3.05) is 5.32 Å². The summed E-state index contributed by atoms with van der Waals surface area (Å²) in [4.78, 5) is 22.9. The Morgan fingerprint density at radius 2 is 1.82 bits per heavy atom. The van der Waals surface area contributed by atoms with E-state index in [2.05, 4.69) is 34.4 Å². The zero-order valence-corrected chi connectivity index (χ0v) is 20.2. The lowest BCUT2D eigenvalue weighted by Gasteiger charge is -2.14. The van der Waals surface area contributed by atoms with Crippen LogP contribution in [0.1, 0.15) is 86.9 Å². The van der Waals surface area contributed by atoms with Crippen molar-refractivity contribution in [2.45, 2.75) is 66.3 Å². The Morgan fingerprint density at radius 3 is 2.45 bits per heavy atom. The number of pyridine rings is 1. The number of fused-ring (bicyclic) bond motifs is 1. The Bertz CT molecular complexity index is 1320. The highest BCUT2D eigenvalue weighted by Crippen LogP contribution is 2.32. The van der Waals surface area contributed by atoms with E-state index in [-0.39, 0.29) is 23.8 Å². The van der Waals surface area contributed by atoms with Crippen LogP contribution in [0.5, 0.6) is 0 Å². The number of para-hydroxylation sites is 1. The third-order valence-corrected chi connectivity index (χ3v) is 5.61. The average Bonchev–Trinajstić information content (AvgIpc) is 3.41. The van der Waals surface area contributed by atoms with Crippen molar-refractivity contribution in [1.82, 2.24) is 24.9 Å². The molecule has 4 aromatic rings. The predicted molar refractivity (Wildman–Crippen MR) is 129 cm³/mol. The quantitative estimate of drug-likeness (QED) is 0.398. The molecule has 0 aliphatic rings. The first-order chi connectivity index (χ1) is 15.7. The van der Waals surface area contributed by atoms with Gasteiger partial charge in [-0.15, -0.1) is 0 Å². The lowest BCUT2D eigenvalue weighted by atomic mass is 10.0. The number of hydrogen-bond donors (Lipinski definition) is 1. The van der Waals surface area contributed by atoms with Gasteiger partial charge in [0, 0.05) is 17.7 Å². The molecule has 172 valence electrons. The van der Waals surface area contributed by atoms with Crippen LogP contribution in [0, 0.1) is 6.92 Å². The van der Waals surface area contributed by atoms with Crippen molar-refractivity contribution < 1.29 is 9.32 Å². The van der Waals surface area contributed by atoms with Crippen molar-refractivity contribution >= 4 is 22.6 Å². The summed E-state index contributed by atoms with van der Waals surface area (Å²) in [7, 11) is 0. The van der Waals surface area contributed by atoms with Crippen LogP contribution in [0.25, 0.3) is 22.5 Å². The maximum Gasteiger partial charge on any atom is 0.260 e. The second-order valence-electron chi connectivity index (χ2n) is 9.23. The number of anilines is 1. The average molecular weight is 447 g/mol. The van der Waals surface area contributed by atoms with E-state index in [1.807, 2.05) is 63.6 Å². The van der Waals surface area contributed by atoms with E-state index in [1.54, 1.807) is 6.20 Å². The molecular weight excluding hydrogens is 416 g/mol. The van der Waals surface area contributed by atoms with E-state index in [1.165, 1.54) is 0 Å². The molecular formula is C25H30N6O2. The van der Waals surface area contributed by atoms with Gasteiger partial charge in [-0.25, -0.2) is 9.67 Å². The Kier molecular flexibility index (Phi) is 6.01. The second-order valence-corrected chi connectivity index (χ2v) is 9.23. The molecule has 1 N–H and O–H groups in total. The molecule has 0 unspecified atom stereocenters. The summed E-state index contributed by atoms with van der Waals surface area (Å²) in [6.07, 6.45) is 1.72. The van der Waals surface area contributed by atoms with Gasteiger partial charge in [-0.2, -0.15) is 10.1 Å². The fourth-order valence-corrected chi connectivity index (χ4v) is 3.67. The van der Waals surface area contributed by atoms with Gasteiger partial charge in [0.2, 0.25) is 0 Å². The molecule has 33 heavy (non-hydrogen) atoms. The molecule has 0 bridgehead atoms. The monoisotopic (exact) mass is 446 g/mol. The van der Waals surface area contributed by atoms with Crippen LogP contribution in [0.15, 0.2) is 35.0 Å². The van der Waals surface area contributed by atoms with E-state index in [0.29, 0.717) is 34.2 Å². The Labute approximate surface area is 193 Å². The molecule has 0 radical (unpaired) electrons. The minimum Gasteiger partial charge on any atom is -0.334 e. The van der Waals surface area contributed by atoms with E-state index >= 15 is 0 Å². The van der Waals surface area contributed by atoms with Crippen LogP contribution in [-0.4, -0.2) is 30.8 Å². The maximum atomic E-state index is 13.6. The minimum absolute atomic E-state index is 0.129. The van der Waals surface area contributed by atoms with Crippen LogP contribution < -0.4 is 5.32 Å². The van der Waals surface area contributed by atoms with Crippen LogP contribution in [0.2, 0.25) is 0 Å². The number of rotatable bonds is 6. The summed E-state index contributed by atoms with van der Waals surface area (Å²) in [5.74, 6) is 1.09. The highest BCUT2D eigenvalue weighted by atomic mass is 16.5. The number of nitrogens with one attached hydrogen (secondary N) is 1. The molecule has 0 aliphatic heterocycles. The van der Waals surface area contributed by atoms with E-state index < -0.39 is 0 Å². The molecule has 0 saturated heterocycles. The smallest absolute Gasteiger partial charge is 0.260 e. The molecule has 1 amide bonds. The number of amides is 1. The fourth-order valence-electron chi connectivity index (χ4n) is 3.67. The fraction of sp³-hybridized carbons (Fsp3) is 0.400. The number of carbonyl (C=O) groups is 1. The zero-order valence-electron chi connectivity index (χ0n) is 20.2. The van der Waals surface area contributed by atoms with Gasteiger partial charge >= 0.3 is 0 Å². The molecule has 0 spiro atoms. The van der Waals surface area contributed by atoms with Gasteiger partial charge in [0.1, 0.15) is 0 Å². The van der Waals surface area contributed by atoms with Crippen molar-refractivity contribution in [3.63, 3.8) is 0 Å². The summed E-state index contributed by atoms with van der Waals surface area (Å²) in [5.41, 5.74) is 4.34. The maximum absolute atomic E-state index is 13.6. The number of aromatic nitrogens is 5. The summed E-state index contributed by atoms with van der Waals surface area (Å²) in [6, 6.07) is 7.71. The van der Waals surface area contributed by atoms with E-state index in [4.69, 9.17) is 9.51 Å². The summed E-state index contributed by atoms with van der Waals surface area (Å²) >= 11 is 0. The van der Waals surface area contributed by atoms with E-state index in [0.717, 1.165) is 16.6 Å². The van der Waals surface area contributed by atoms with Gasteiger partial charge in [-0.3, -0.25) is 4.79 Å². The zero-order chi connectivity index (χ0) is 23.9. The third-order valence-electron chi connectivity index (χ3n) is 5.61. The second kappa shape index (κ2) is 8.77. The van der Waals surface area contributed by atoms with Gasteiger partial charge in [0.25, 0.3) is 11.8 Å². The minimum atomic E-state index is -0.230. The van der Waals surface area contributed by atoms with Gasteiger partial charge < -0.3 is 9.84 Å². The number of carbonyl (C=O) groups excluding carboxylic acids is 1. The van der Waals surface area contributed by atoms with Crippen LogP contribution in [-0.2, 0) is 0 Å². The van der Waals surface area contributed by atoms with Gasteiger partial charge in [-0.1, -0.05) is 45.0 Å². The highest BCUT2D eigenvalue weighted by molar-refractivity contribution is 6.13. The highest BCUT2D eigenvalue weighted by Gasteiger charge is 2.22. The van der Waals surface area contributed by atoms with Crippen molar-refractivity contribution in [2.24, 2.45) is 0 Å². The number of nitrogens with zero attached hydrogens (tertiary/aromatic N) is 5. The van der Waals surface area contributed by atoms with Crippen molar-refractivity contribution in [3.8, 4) is 11.5 Å². The molecule has 0 aliphatic carbocycles. The summed E-state index contributed by atoms with van der Waals surface area (Å²) in [5, 5.41) is 12.4. The molecule has 3 aromatic heterocycles. The number of benzene rings is 1. The Balaban J connectivity index is 1.79. The molecule has 0 saturated carbocycles. The summed E-state index contributed by atoms with van der Waals surface area (Å²) in [6.45, 7) is 14.2. The van der Waals surface area contributed by atoms with Crippen LogP contribution in [0.4, 0.5) is 5.69 Å². The summed E-state index contributed by atoms with van der Waals surface area (Å²) < 4.78 is 7.36. The normalized spacial score (nSPS) is 11.8. The van der Waals surface area contributed by atoms with Gasteiger partial charge in [-0.05, 0) is 44.4 Å². The topological polar surface area (TPSA) is 98.7 Å². The SMILES string of the molecule is Cc1cccc(-c2nc(C(C)C)no2)c1NC(=O)c1cc(C(C)C)nc2c1cnn2C(C)C. The predicted octanol–water partition coefficient (Wildman–Crippen LogP) is 5.87. The standard InChI is InChI=1S/C25H30N6O2/c1-13(2)20-11-18(19-12-26-31(15(5)6)23(19)27-20)24(32)28-21-16(7)9-8-10-17(21)25-29-22(14(3)4)30-33-25/h8-15H,1-7H3,(H,28,32). The Hall–Kier alpha value is -3.55. The molecule has 0 fully saturated rings. The molecule has 8 nitrogen and oxygen atoms in total. The first kappa shape index (κ1) is 22.6. The molecule has 0 atom stereocenters. The van der Waals surface area contributed by atoms with Gasteiger partial charge in [0.05, 0.1) is 28.4 Å². The van der Waals surface area contributed by atoms with E-state index in [9.17, 15) is 4.79 Å². The molecule has 1 aromatic carbocycles. The lowest BCUT2D eigenvalue weighted by Crippen LogP contribution is -2.15. The van der Waals surface area contributed by atoms with Crippen molar-refractivity contribution in [3.05, 3.63) is 53.1 Å². The van der Waals surface area contributed by atoms with Crippen LogP contribution >= 0.6 is 0 Å². The molecule has 8 heteroatoms. The Morgan fingerprint density at radius 1 is 1.06 bits per heavy atom. The lowest BCUT2D eigenvalue weighted by molar-refractivity contribution is 0.102. The molecule has 4 rings (SSSR count). The van der Waals surface area contributed by atoms with Crippen molar-refractivity contribution in [1.29, 1.82) is 0 Å². The third kappa shape index (κ3) is 4.25. The molecule has 3 heterocycles. The van der Waals surface area contributed by atoms with Gasteiger partial charge in [0.15, 0.2) is 11.5 Å². The first-order valence-corrected chi connectivity index (χ1v) is 11.3. The largest absolute Gasteiger partial charge is 0.334 e. The number of aryl methyl sites for hydroxylation is 1.